The Morgan fingerprint density at radius 1 is 1.13 bits per heavy atom. The number of nitrogens with zero attached hydrogens (tertiary/aromatic N) is 5. The molecule has 0 saturated carbocycles. The summed E-state index contributed by atoms with van der Waals surface area (Å²) >= 11 is 0. The van der Waals surface area contributed by atoms with Crippen molar-refractivity contribution in [1.82, 2.24) is 24.6 Å². The molecule has 0 saturated heterocycles. The van der Waals surface area contributed by atoms with E-state index < -0.39 is 0 Å². The molecule has 4 aromatic heterocycles. The second-order valence-electron chi connectivity index (χ2n) is 4.77. The molecule has 4 heterocycles. The highest BCUT2D eigenvalue weighted by Gasteiger charge is 2.15. The number of imidazole rings is 1. The van der Waals surface area contributed by atoms with Gasteiger partial charge in [0.15, 0.2) is 5.69 Å². The first-order chi connectivity index (χ1) is 10.8. The quantitative estimate of drug-likeness (QED) is 0.571. The van der Waals surface area contributed by atoms with Crippen LogP contribution in [-0.2, 0) is 0 Å². The average Bonchev–Trinajstić information content (AvgIpc) is 3.24. The van der Waals surface area contributed by atoms with Crippen LogP contribution in [0.1, 0.15) is 0 Å². The summed E-state index contributed by atoms with van der Waals surface area (Å²) in [7, 11) is 0. The van der Waals surface area contributed by atoms with Crippen molar-refractivity contribution in [1.29, 1.82) is 0 Å². The maximum Gasteiger partial charge on any atom is 0.270 e. The molecule has 4 aromatic rings. The van der Waals surface area contributed by atoms with E-state index in [4.69, 9.17) is 6.57 Å². The van der Waals surface area contributed by atoms with E-state index in [-0.39, 0.29) is 12.4 Å². The zero-order valence-corrected chi connectivity index (χ0v) is 12.7. The molecule has 7 heteroatoms. The molecular formula is C16H11ClN6. The predicted molar refractivity (Wildman–Crippen MR) is 89.5 cm³/mol. The molecule has 0 fully saturated rings. The first-order valence-corrected chi connectivity index (χ1v) is 6.66. The van der Waals surface area contributed by atoms with Gasteiger partial charge in [0, 0.05) is 41.5 Å². The molecule has 0 spiro atoms. The number of H-pyrrole nitrogens is 1. The molecular weight excluding hydrogens is 312 g/mol. The minimum absolute atomic E-state index is 0. The third-order valence-corrected chi connectivity index (χ3v) is 3.48. The van der Waals surface area contributed by atoms with E-state index in [0.717, 1.165) is 28.0 Å². The highest BCUT2D eigenvalue weighted by atomic mass is 35.5. The number of aromatic amines is 1. The fourth-order valence-electron chi connectivity index (χ4n) is 2.42. The standard InChI is InChI=1S/C16H10N6.ClH/c1-17-14-3-2-13(12-9-19-20-10-12)16(21-14)11-4-6-22-7-5-18-15(22)8-11;/h2-10H,(H,19,20);1H. The van der Waals surface area contributed by atoms with Gasteiger partial charge in [0.1, 0.15) is 5.65 Å². The Bertz CT molecular complexity index is 997. The number of hydrogen-bond donors (Lipinski definition) is 1. The zero-order valence-electron chi connectivity index (χ0n) is 11.8. The van der Waals surface area contributed by atoms with Crippen molar-refractivity contribution in [3.05, 3.63) is 66.7 Å². The lowest BCUT2D eigenvalue weighted by Gasteiger charge is -2.05. The fourth-order valence-corrected chi connectivity index (χ4v) is 2.42. The maximum atomic E-state index is 7.18. The van der Waals surface area contributed by atoms with Crippen molar-refractivity contribution in [2.75, 3.05) is 0 Å². The molecule has 0 bridgehead atoms. The van der Waals surface area contributed by atoms with E-state index in [1.54, 1.807) is 18.5 Å². The summed E-state index contributed by atoms with van der Waals surface area (Å²) in [6.07, 6.45) is 9.12. The normalized spacial score (nSPS) is 10.2. The summed E-state index contributed by atoms with van der Waals surface area (Å²) in [5.74, 6) is 0.366. The van der Waals surface area contributed by atoms with E-state index in [2.05, 4.69) is 25.0 Å². The Balaban J connectivity index is 0.00000156. The molecule has 1 N–H and O–H groups in total. The number of fused-ring (bicyclic) bond motifs is 1. The highest BCUT2D eigenvalue weighted by Crippen LogP contribution is 2.32. The van der Waals surface area contributed by atoms with Crippen LogP contribution >= 0.6 is 12.4 Å². The molecule has 112 valence electrons. The number of rotatable bonds is 2. The van der Waals surface area contributed by atoms with Crippen LogP contribution in [0, 0.1) is 6.57 Å². The zero-order chi connectivity index (χ0) is 14.9. The summed E-state index contributed by atoms with van der Waals surface area (Å²) in [6.45, 7) is 7.18. The Labute approximate surface area is 138 Å². The lowest BCUT2D eigenvalue weighted by molar-refractivity contribution is 1.09. The monoisotopic (exact) mass is 322 g/mol. The van der Waals surface area contributed by atoms with Gasteiger partial charge >= 0.3 is 0 Å². The van der Waals surface area contributed by atoms with E-state index in [1.165, 1.54) is 0 Å². The van der Waals surface area contributed by atoms with Gasteiger partial charge in [-0.3, -0.25) is 5.10 Å². The fraction of sp³-hybridized carbons (Fsp3) is 0. The van der Waals surface area contributed by atoms with Crippen molar-refractivity contribution in [2.24, 2.45) is 0 Å². The number of hydrogen-bond acceptors (Lipinski definition) is 3. The van der Waals surface area contributed by atoms with Gasteiger partial charge in [0.2, 0.25) is 0 Å². The Morgan fingerprint density at radius 2 is 2.04 bits per heavy atom. The van der Waals surface area contributed by atoms with Gasteiger partial charge < -0.3 is 9.25 Å². The largest absolute Gasteiger partial charge is 0.361 e. The molecule has 0 amide bonds. The van der Waals surface area contributed by atoms with E-state index >= 15 is 0 Å². The van der Waals surface area contributed by atoms with Crippen LogP contribution in [0.15, 0.2) is 55.2 Å². The second-order valence-corrected chi connectivity index (χ2v) is 4.77. The summed E-state index contributed by atoms with van der Waals surface area (Å²) in [5.41, 5.74) is 4.37. The molecule has 0 radical (unpaired) electrons. The molecule has 0 atom stereocenters. The van der Waals surface area contributed by atoms with E-state index in [1.807, 2.05) is 41.2 Å². The van der Waals surface area contributed by atoms with Crippen LogP contribution in [0.3, 0.4) is 0 Å². The first-order valence-electron chi connectivity index (χ1n) is 6.66. The number of aromatic nitrogens is 5. The summed E-state index contributed by atoms with van der Waals surface area (Å²) in [5, 5.41) is 6.79. The molecule has 0 aliphatic rings. The van der Waals surface area contributed by atoms with Crippen LogP contribution in [0.4, 0.5) is 5.82 Å². The average molecular weight is 323 g/mol. The highest BCUT2D eigenvalue weighted by molar-refractivity contribution is 5.85. The minimum atomic E-state index is 0. The van der Waals surface area contributed by atoms with Crippen LogP contribution in [0.25, 0.3) is 32.9 Å². The Hall–Kier alpha value is -3.17. The number of nitrogens with one attached hydrogen (secondary N) is 1. The van der Waals surface area contributed by atoms with E-state index in [9.17, 15) is 0 Å². The van der Waals surface area contributed by atoms with Crippen LogP contribution in [0.2, 0.25) is 0 Å². The van der Waals surface area contributed by atoms with Gasteiger partial charge in [0.05, 0.1) is 6.20 Å². The van der Waals surface area contributed by atoms with Crippen molar-refractivity contribution in [3.63, 3.8) is 0 Å². The Morgan fingerprint density at radius 3 is 2.83 bits per heavy atom. The number of halogens is 1. The lowest BCUT2D eigenvalue weighted by Crippen LogP contribution is -1.91. The first kappa shape index (κ1) is 14.8. The van der Waals surface area contributed by atoms with Gasteiger partial charge in [-0.2, -0.15) is 5.10 Å². The Kier molecular flexibility index (Phi) is 3.79. The lowest BCUT2D eigenvalue weighted by atomic mass is 10.0. The predicted octanol–water partition coefficient (Wildman–Crippen LogP) is 3.76. The second kappa shape index (κ2) is 5.91. The van der Waals surface area contributed by atoms with Crippen LogP contribution in [0.5, 0.6) is 0 Å². The third kappa shape index (κ3) is 2.54. The molecule has 6 nitrogen and oxygen atoms in total. The summed E-state index contributed by atoms with van der Waals surface area (Å²) < 4.78 is 1.93. The van der Waals surface area contributed by atoms with Gasteiger partial charge in [-0.25, -0.2) is 4.98 Å². The molecule has 0 aromatic carbocycles. The summed E-state index contributed by atoms with van der Waals surface area (Å²) in [6, 6.07) is 7.54. The number of pyridine rings is 2. The van der Waals surface area contributed by atoms with Crippen LogP contribution in [-0.4, -0.2) is 24.6 Å². The molecule has 0 unspecified atom stereocenters. The third-order valence-electron chi connectivity index (χ3n) is 3.48. The van der Waals surface area contributed by atoms with E-state index in [0.29, 0.717) is 5.82 Å². The molecule has 23 heavy (non-hydrogen) atoms. The van der Waals surface area contributed by atoms with Crippen LogP contribution < -0.4 is 0 Å². The molecule has 0 aliphatic heterocycles. The van der Waals surface area contributed by atoms with Gasteiger partial charge in [-0.15, -0.1) is 17.4 Å². The molecule has 0 aliphatic carbocycles. The van der Waals surface area contributed by atoms with Gasteiger partial charge in [-0.05, 0) is 18.2 Å². The smallest absolute Gasteiger partial charge is 0.270 e. The topological polar surface area (TPSA) is 63.2 Å². The van der Waals surface area contributed by atoms with Gasteiger partial charge in [-0.1, -0.05) is 12.6 Å². The minimum Gasteiger partial charge on any atom is -0.361 e. The van der Waals surface area contributed by atoms with Crippen molar-refractivity contribution in [3.8, 4) is 22.4 Å². The van der Waals surface area contributed by atoms with Gasteiger partial charge in [0.25, 0.3) is 5.82 Å². The van der Waals surface area contributed by atoms with Crippen molar-refractivity contribution < 1.29 is 0 Å². The maximum absolute atomic E-state index is 7.18. The molecule has 4 rings (SSSR count). The van der Waals surface area contributed by atoms with Crippen molar-refractivity contribution >= 4 is 23.9 Å². The van der Waals surface area contributed by atoms with Crippen molar-refractivity contribution in [2.45, 2.75) is 0 Å². The summed E-state index contributed by atoms with van der Waals surface area (Å²) in [4.78, 5) is 12.2. The SMILES string of the molecule is Cl.[C-]#[N+]c1ccc(-c2cn[nH]c2)c(-c2ccn3ccnc3c2)n1.